The van der Waals surface area contributed by atoms with Crippen molar-refractivity contribution in [1.29, 1.82) is 0 Å². The number of halogens is 1. The lowest BCUT2D eigenvalue weighted by Gasteiger charge is -2.16. The van der Waals surface area contributed by atoms with E-state index in [1.54, 1.807) is 11.3 Å². The second-order valence-corrected chi connectivity index (χ2v) is 7.62. The second-order valence-electron chi connectivity index (χ2n) is 6.24. The standard InChI is InChI=1S/C19H21ClN4O2S/c1-2-9-24(12-17(25)21-11-14-5-7-15(20)8-6-14)13-18-22-23-19(26-18)16-4-3-10-27-16/h3-8,10H,2,9,11-13H2,1H3,(H,21,25)/p+1. The molecule has 0 bridgehead atoms. The van der Waals surface area contributed by atoms with Gasteiger partial charge in [-0.2, -0.15) is 0 Å². The van der Waals surface area contributed by atoms with Gasteiger partial charge in [-0.05, 0) is 35.6 Å². The van der Waals surface area contributed by atoms with Gasteiger partial charge < -0.3 is 14.6 Å². The first kappa shape index (κ1) is 19.5. The van der Waals surface area contributed by atoms with Crippen LogP contribution >= 0.6 is 22.9 Å². The number of carbonyl (C=O) groups excluding carboxylic acids is 1. The van der Waals surface area contributed by atoms with E-state index in [1.165, 1.54) is 0 Å². The number of rotatable bonds is 9. The number of amides is 1. The molecule has 2 heterocycles. The third kappa shape index (κ3) is 5.89. The molecular formula is C19H22ClN4O2S+. The number of hydrogen-bond acceptors (Lipinski definition) is 5. The number of hydrogen-bond donors (Lipinski definition) is 2. The zero-order valence-corrected chi connectivity index (χ0v) is 16.6. The van der Waals surface area contributed by atoms with Gasteiger partial charge in [0.25, 0.3) is 17.7 Å². The van der Waals surface area contributed by atoms with Crippen molar-refractivity contribution in [3.05, 3.63) is 58.3 Å². The first-order chi connectivity index (χ1) is 13.1. The van der Waals surface area contributed by atoms with Crippen LogP contribution in [0, 0.1) is 0 Å². The fourth-order valence-corrected chi connectivity index (χ4v) is 3.49. The summed E-state index contributed by atoms with van der Waals surface area (Å²) in [7, 11) is 0. The Morgan fingerprint density at radius 1 is 1.26 bits per heavy atom. The molecule has 1 amide bonds. The Labute approximate surface area is 167 Å². The third-order valence-corrected chi connectivity index (χ3v) is 5.13. The van der Waals surface area contributed by atoms with E-state index in [9.17, 15) is 4.79 Å². The largest absolute Gasteiger partial charge is 0.414 e. The molecule has 6 nitrogen and oxygen atoms in total. The second kappa shape index (κ2) is 9.64. The molecule has 0 saturated carbocycles. The van der Waals surface area contributed by atoms with Crippen LogP contribution in [0.15, 0.2) is 46.2 Å². The van der Waals surface area contributed by atoms with Crippen LogP contribution in [0.4, 0.5) is 0 Å². The molecule has 1 atom stereocenters. The van der Waals surface area contributed by atoms with Crippen LogP contribution in [0.1, 0.15) is 24.8 Å². The molecular weight excluding hydrogens is 384 g/mol. The van der Waals surface area contributed by atoms with Crippen molar-refractivity contribution < 1.29 is 14.1 Å². The van der Waals surface area contributed by atoms with Gasteiger partial charge in [-0.25, -0.2) is 0 Å². The van der Waals surface area contributed by atoms with E-state index >= 15 is 0 Å². The zero-order chi connectivity index (χ0) is 19.1. The summed E-state index contributed by atoms with van der Waals surface area (Å²) in [5.41, 5.74) is 1.02. The summed E-state index contributed by atoms with van der Waals surface area (Å²) >= 11 is 7.44. The first-order valence-electron chi connectivity index (χ1n) is 8.85. The zero-order valence-electron chi connectivity index (χ0n) is 15.1. The average Bonchev–Trinajstić information content (AvgIpc) is 3.33. The van der Waals surface area contributed by atoms with E-state index in [2.05, 4.69) is 22.4 Å². The lowest BCUT2D eigenvalue weighted by Crippen LogP contribution is -3.12. The molecule has 0 spiro atoms. The van der Waals surface area contributed by atoms with Crippen LogP contribution in [0.25, 0.3) is 10.8 Å². The molecule has 8 heteroatoms. The van der Waals surface area contributed by atoms with E-state index in [1.807, 2.05) is 41.8 Å². The highest BCUT2D eigenvalue weighted by molar-refractivity contribution is 7.13. The fourth-order valence-electron chi connectivity index (χ4n) is 2.72. The topological polar surface area (TPSA) is 72.5 Å². The molecule has 142 valence electrons. The van der Waals surface area contributed by atoms with Gasteiger partial charge in [-0.1, -0.05) is 36.7 Å². The molecule has 0 aliphatic heterocycles. The Balaban J connectivity index is 1.53. The molecule has 0 aliphatic rings. The molecule has 0 saturated heterocycles. The maximum atomic E-state index is 12.3. The molecule has 2 N–H and O–H groups in total. The van der Waals surface area contributed by atoms with Gasteiger partial charge in [0, 0.05) is 11.6 Å². The van der Waals surface area contributed by atoms with Crippen LogP contribution in [0.2, 0.25) is 5.02 Å². The van der Waals surface area contributed by atoms with E-state index in [0.717, 1.165) is 28.3 Å². The Kier molecular flexibility index (Phi) is 6.98. The molecule has 0 radical (unpaired) electrons. The van der Waals surface area contributed by atoms with Gasteiger partial charge in [0.2, 0.25) is 0 Å². The van der Waals surface area contributed by atoms with Crippen LogP contribution in [0.5, 0.6) is 0 Å². The molecule has 1 aromatic carbocycles. The Bertz CT molecular complexity index is 849. The van der Waals surface area contributed by atoms with Crippen LogP contribution in [-0.2, 0) is 17.9 Å². The van der Waals surface area contributed by atoms with Crippen molar-refractivity contribution in [3.8, 4) is 10.8 Å². The minimum absolute atomic E-state index is 0.00797. The highest BCUT2D eigenvalue weighted by atomic mass is 35.5. The Morgan fingerprint density at radius 3 is 2.78 bits per heavy atom. The summed E-state index contributed by atoms with van der Waals surface area (Å²) in [5, 5.41) is 13.8. The van der Waals surface area contributed by atoms with Crippen molar-refractivity contribution in [2.75, 3.05) is 13.1 Å². The summed E-state index contributed by atoms with van der Waals surface area (Å²) < 4.78 is 5.75. The fraction of sp³-hybridized carbons (Fsp3) is 0.316. The van der Waals surface area contributed by atoms with Gasteiger partial charge in [0.1, 0.15) is 0 Å². The molecule has 0 aliphatic carbocycles. The van der Waals surface area contributed by atoms with E-state index in [4.69, 9.17) is 16.0 Å². The number of carbonyl (C=O) groups is 1. The van der Waals surface area contributed by atoms with Gasteiger partial charge in [-0.15, -0.1) is 21.5 Å². The molecule has 0 fully saturated rings. The maximum Gasteiger partial charge on any atom is 0.275 e. The predicted octanol–water partition coefficient (Wildman–Crippen LogP) is 2.56. The van der Waals surface area contributed by atoms with Gasteiger partial charge in [-0.3, -0.25) is 4.79 Å². The Morgan fingerprint density at radius 2 is 2.07 bits per heavy atom. The van der Waals surface area contributed by atoms with Crippen LogP contribution < -0.4 is 10.2 Å². The monoisotopic (exact) mass is 405 g/mol. The van der Waals surface area contributed by atoms with Gasteiger partial charge in [0.15, 0.2) is 13.1 Å². The summed E-state index contributed by atoms with van der Waals surface area (Å²) in [6, 6.07) is 11.3. The number of nitrogens with zero attached hydrogens (tertiary/aromatic N) is 2. The normalized spacial score (nSPS) is 12.1. The van der Waals surface area contributed by atoms with Crippen LogP contribution in [0.3, 0.4) is 0 Å². The minimum Gasteiger partial charge on any atom is -0.414 e. The average molecular weight is 406 g/mol. The number of quaternary nitrogens is 1. The molecule has 2 aromatic heterocycles. The summed E-state index contributed by atoms with van der Waals surface area (Å²) in [6.07, 6.45) is 0.964. The number of benzene rings is 1. The molecule has 1 unspecified atom stereocenters. The molecule has 3 aromatic rings. The SMILES string of the molecule is CCC[NH+](CC(=O)NCc1ccc(Cl)cc1)Cc1nnc(-c2cccs2)o1. The van der Waals surface area contributed by atoms with E-state index in [0.29, 0.717) is 36.4 Å². The smallest absolute Gasteiger partial charge is 0.275 e. The van der Waals surface area contributed by atoms with Crippen molar-refractivity contribution in [2.24, 2.45) is 0 Å². The maximum absolute atomic E-state index is 12.3. The summed E-state index contributed by atoms with van der Waals surface area (Å²) in [5.74, 6) is 1.07. The minimum atomic E-state index is -0.00797. The lowest BCUT2D eigenvalue weighted by atomic mass is 10.2. The predicted molar refractivity (Wildman–Crippen MR) is 106 cm³/mol. The van der Waals surface area contributed by atoms with E-state index in [-0.39, 0.29) is 5.91 Å². The van der Waals surface area contributed by atoms with Gasteiger partial charge in [0.05, 0.1) is 11.4 Å². The van der Waals surface area contributed by atoms with Crippen molar-refractivity contribution in [1.82, 2.24) is 15.5 Å². The lowest BCUT2D eigenvalue weighted by molar-refractivity contribution is -0.907. The highest BCUT2D eigenvalue weighted by Gasteiger charge is 2.18. The number of aromatic nitrogens is 2. The quantitative estimate of drug-likeness (QED) is 0.574. The number of nitrogens with one attached hydrogen (secondary N) is 2. The van der Waals surface area contributed by atoms with Crippen molar-refractivity contribution >= 4 is 28.8 Å². The third-order valence-electron chi connectivity index (χ3n) is 4.02. The highest BCUT2D eigenvalue weighted by Crippen LogP contribution is 2.22. The number of thiophene rings is 1. The van der Waals surface area contributed by atoms with Gasteiger partial charge >= 0.3 is 0 Å². The van der Waals surface area contributed by atoms with Crippen molar-refractivity contribution in [3.63, 3.8) is 0 Å². The van der Waals surface area contributed by atoms with Crippen LogP contribution in [-0.4, -0.2) is 29.2 Å². The molecule has 3 rings (SSSR count). The van der Waals surface area contributed by atoms with Crippen molar-refractivity contribution in [2.45, 2.75) is 26.4 Å². The molecule has 27 heavy (non-hydrogen) atoms. The van der Waals surface area contributed by atoms with E-state index < -0.39 is 0 Å². The summed E-state index contributed by atoms with van der Waals surface area (Å²) in [6.45, 7) is 4.32. The summed E-state index contributed by atoms with van der Waals surface area (Å²) in [4.78, 5) is 14.4. The Hall–Kier alpha value is -2.22. The first-order valence-corrected chi connectivity index (χ1v) is 10.1.